The van der Waals surface area contributed by atoms with Gasteiger partial charge < -0.3 is 19.1 Å². The van der Waals surface area contributed by atoms with E-state index in [9.17, 15) is 0 Å². The Morgan fingerprint density at radius 3 is 2.27 bits per heavy atom. The molecule has 1 saturated heterocycles. The van der Waals surface area contributed by atoms with Crippen molar-refractivity contribution in [1.82, 2.24) is 0 Å². The fourth-order valence-electron chi connectivity index (χ4n) is 2.71. The van der Waals surface area contributed by atoms with Gasteiger partial charge in [-0.2, -0.15) is 0 Å². The Balaban J connectivity index is 1.86. The van der Waals surface area contributed by atoms with Gasteiger partial charge in [-0.05, 0) is 48.6 Å². The van der Waals surface area contributed by atoms with Crippen molar-refractivity contribution in [1.29, 1.82) is 0 Å². The molecule has 1 atom stereocenters. The van der Waals surface area contributed by atoms with Crippen LogP contribution in [0.5, 0.6) is 5.75 Å². The molecule has 4 nitrogen and oxygen atoms in total. The van der Waals surface area contributed by atoms with Crippen LogP contribution in [-0.4, -0.2) is 19.8 Å². The Labute approximate surface area is 161 Å². The summed E-state index contributed by atoms with van der Waals surface area (Å²) in [5.41, 5.74) is 2.02. The van der Waals surface area contributed by atoms with E-state index in [-0.39, 0.29) is 11.2 Å². The van der Waals surface area contributed by atoms with E-state index in [1.54, 1.807) is 0 Å². The first kappa shape index (κ1) is 19.4. The molecule has 0 spiro atoms. The lowest BCUT2D eigenvalue weighted by Gasteiger charge is -2.40. The van der Waals surface area contributed by atoms with Gasteiger partial charge in [0.25, 0.3) is 0 Å². The maximum atomic E-state index is 6.15. The van der Waals surface area contributed by atoms with Crippen LogP contribution in [0.2, 0.25) is 0 Å². The summed E-state index contributed by atoms with van der Waals surface area (Å²) in [6.45, 7) is 5.58. The van der Waals surface area contributed by atoms with Gasteiger partial charge in [-0.3, -0.25) is 0 Å². The predicted molar refractivity (Wildman–Crippen MR) is 110 cm³/mol. The smallest absolute Gasteiger partial charge is 0.215 e. The zero-order valence-corrected chi connectivity index (χ0v) is 17.2. The number of rotatable bonds is 6. The number of ether oxygens (including phenoxy) is 1. The molecule has 2 aromatic rings. The SMILES string of the molecule is CCOc1ccc(N[C@H](c2ccccc2)P2(=S)OCC(C)(C)CO2)cc1. The summed E-state index contributed by atoms with van der Waals surface area (Å²) in [5.74, 6) is 0.650. The minimum absolute atomic E-state index is 0.0112. The average molecular weight is 391 g/mol. The second kappa shape index (κ2) is 8.10. The maximum absolute atomic E-state index is 6.15. The lowest BCUT2D eigenvalue weighted by molar-refractivity contribution is 0.0579. The highest BCUT2D eigenvalue weighted by Crippen LogP contribution is 2.64. The molecular weight excluding hydrogens is 365 g/mol. The summed E-state index contributed by atoms with van der Waals surface area (Å²) in [6, 6.07) is 18.0. The minimum atomic E-state index is -2.52. The van der Waals surface area contributed by atoms with Crippen LogP contribution >= 0.6 is 6.49 Å². The molecule has 6 heteroatoms. The quantitative estimate of drug-likeness (QED) is 0.651. The molecule has 140 valence electrons. The molecule has 0 radical (unpaired) electrons. The van der Waals surface area contributed by atoms with Gasteiger partial charge in [0.05, 0.1) is 19.8 Å². The van der Waals surface area contributed by atoms with Crippen LogP contribution in [0, 0.1) is 5.41 Å². The molecule has 1 aliphatic rings. The van der Waals surface area contributed by atoms with Crippen molar-refractivity contribution in [2.45, 2.75) is 26.6 Å². The van der Waals surface area contributed by atoms with E-state index in [1.807, 2.05) is 49.4 Å². The van der Waals surface area contributed by atoms with Gasteiger partial charge in [0.15, 0.2) is 0 Å². The maximum Gasteiger partial charge on any atom is 0.215 e. The third-order valence-electron chi connectivity index (χ3n) is 4.17. The van der Waals surface area contributed by atoms with Gasteiger partial charge in [-0.1, -0.05) is 44.2 Å². The van der Waals surface area contributed by atoms with Gasteiger partial charge in [-0.15, -0.1) is 0 Å². The molecule has 0 amide bonds. The average Bonchev–Trinajstić information content (AvgIpc) is 2.65. The Hall–Kier alpha value is -1.39. The first-order chi connectivity index (χ1) is 12.4. The van der Waals surface area contributed by atoms with Crippen LogP contribution in [0.25, 0.3) is 0 Å². The van der Waals surface area contributed by atoms with Crippen LogP contribution in [0.15, 0.2) is 54.6 Å². The van der Waals surface area contributed by atoms with Crippen LogP contribution in [0.4, 0.5) is 5.69 Å². The lowest BCUT2D eigenvalue weighted by Crippen LogP contribution is -2.31. The number of hydrogen-bond acceptors (Lipinski definition) is 5. The molecule has 3 rings (SSSR count). The number of hydrogen-bond donors (Lipinski definition) is 1. The summed E-state index contributed by atoms with van der Waals surface area (Å²) < 4.78 is 17.8. The van der Waals surface area contributed by atoms with E-state index in [1.165, 1.54) is 0 Å². The van der Waals surface area contributed by atoms with E-state index in [0.29, 0.717) is 19.8 Å². The molecule has 1 heterocycles. The fraction of sp³-hybridized carbons (Fsp3) is 0.400. The first-order valence-corrected chi connectivity index (χ1v) is 11.6. The zero-order valence-electron chi connectivity index (χ0n) is 15.5. The summed E-state index contributed by atoms with van der Waals surface area (Å²) in [5, 5.41) is 3.54. The van der Waals surface area contributed by atoms with Gasteiger partial charge >= 0.3 is 0 Å². The third kappa shape index (κ3) is 4.66. The first-order valence-electron chi connectivity index (χ1n) is 8.85. The minimum Gasteiger partial charge on any atom is -0.494 e. The lowest BCUT2D eigenvalue weighted by atomic mass is 9.97. The van der Waals surface area contributed by atoms with Crippen molar-refractivity contribution in [3.05, 3.63) is 60.2 Å². The molecule has 26 heavy (non-hydrogen) atoms. The van der Waals surface area contributed by atoms with Crippen molar-refractivity contribution in [3.8, 4) is 5.75 Å². The van der Waals surface area contributed by atoms with Gasteiger partial charge in [0.2, 0.25) is 6.49 Å². The normalized spacial score (nSPS) is 19.5. The molecular formula is C20H26NO3PS. The molecule has 0 saturated carbocycles. The van der Waals surface area contributed by atoms with Crippen LogP contribution < -0.4 is 10.1 Å². The van der Waals surface area contributed by atoms with Crippen molar-refractivity contribution in [2.75, 3.05) is 25.1 Å². The van der Waals surface area contributed by atoms with Crippen molar-refractivity contribution in [2.24, 2.45) is 5.41 Å². The van der Waals surface area contributed by atoms with E-state index < -0.39 is 6.49 Å². The molecule has 1 aliphatic heterocycles. The van der Waals surface area contributed by atoms with Crippen molar-refractivity contribution in [3.63, 3.8) is 0 Å². The van der Waals surface area contributed by atoms with Crippen molar-refractivity contribution < 1.29 is 13.8 Å². The third-order valence-corrected chi connectivity index (χ3v) is 7.47. The van der Waals surface area contributed by atoms with Gasteiger partial charge in [0, 0.05) is 11.1 Å². The number of benzene rings is 2. The van der Waals surface area contributed by atoms with Crippen LogP contribution in [0.3, 0.4) is 0 Å². The van der Waals surface area contributed by atoms with E-state index in [0.717, 1.165) is 17.0 Å². The topological polar surface area (TPSA) is 39.7 Å². The molecule has 2 aromatic carbocycles. The Morgan fingerprint density at radius 2 is 1.69 bits per heavy atom. The highest BCUT2D eigenvalue weighted by atomic mass is 32.5. The summed E-state index contributed by atoms with van der Waals surface area (Å²) in [6.07, 6.45) is 0. The summed E-state index contributed by atoms with van der Waals surface area (Å²) in [4.78, 5) is 0. The Kier molecular flexibility index (Phi) is 6.03. The second-order valence-electron chi connectivity index (χ2n) is 7.17. The second-order valence-corrected chi connectivity index (χ2v) is 10.8. The largest absolute Gasteiger partial charge is 0.494 e. The Bertz CT molecular complexity index is 750. The highest BCUT2D eigenvalue weighted by Gasteiger charge is 2.39. The molecule has 0 aliphatic carbocycles. The van der Waals surface area contributed by atoms with E-state index in [2.05, 4.69) is 31.3 Å². The highest BCUT2D eigenvalue weighted by molar-refractivity contribution is 8.10. The van der Waals surface area contributed by atoms with E-state index >= 15 is 0 Å². The van der Waals surface area contributed by atoms with Crippen LogP contribution in [-0.2, 0) is 20.9 Å². The Morgan fingerprint density at radius 1 is 1.08 bits per heavy atom. The number of anilines is 1. The van der Waals surface area contributed by atoms with Crippen LogP contribution in [0.1, 0.15) is 32.1 Å². The molecule has 1 fully saturated rings. The summed E-state index contributed by atoms with van der Waals surface area (Å²) in [7, 11) is 0. The zero-order chi connectivity index (χ0) is 18.6. The monoisotopic (exact) mass is 391 g/mol. The van der Waals surface area contributed by atoms with Crippen molar-refractivity contribution >= 4 is 24.0 Å². The molecule has 0 unspecified atom stereocenters. The molecule has 0 bridgehead atoms. The molecule has 1 N–H and O–H groups in total. The van der Waals surface area contributed by atoms with Gasteiger partial charge in [-0.25, -0.2) is 0 Å². The summed E-state index contributed by atoms with van der Waals surface area (Å²) >= 11 is 5.91. The predicted octanol–water partition coefficient (Wildman–Crippen LogP) is 5.58. The van der Waals surface area contributed by atoms with Gasteiger partial charge in [0.1, 0.15) is 11.5 Å². The molecule has 0 aromatic heterocycles. The number of nitrogens with one attached hydrogen (secondary N) is 1. The standard InChI is InChI=1S/C20H26NO3PS/c1-4-22-18-12-10-17(11-13-18)21-19(16-8-6-5-7-9-16)25(26)23-14-20(2,3)15-24-25/h5-13,19,21H,4,14-15H2,1-3H3/t19-/m0/s1. The van der Waals surface area contributed by atoms with E-state index in [4.69, 9.17) is 25.6 Å². The fourth-order valence-corrected chi connectivity index (χ4v) is 5.83.